The Hall–Kier alpha value is -1.10. The molecule has 2 aliphatic rings. The van der Waals surface area contributed by atoms with Gasteiger partial charge in [0.15, 0.2) is 0 Å². The third-order valence-corrected chi connectivity index (χ3v) is 3.62. The molecule has 2 N–H and O–H groups in total. The number of carboxylic acid groups (broad SMARTS) is 2. The van der Waals surface area contributed by atoms with E-state index in [0.29, 0.717) is 32.3 Å². The van der Waals surface area contributed by atoms with Gasteiger partial charge >= 0.3 is 11.9 Å². The zero-order valence-electron chi connectivity index (χ0n) is 8.96. The number of rotatable bonds is 4. The number of carboxylic acids is 2. The van der Waals surface area contributed by atoms with Crippen LogP contribution in [0.15, 0.2) is 0 Å². The molecule has 4 atom stereocenters. The van der Waals surface area contributed by atoms with Crippen LogP contribution >= 0.6 is 0 Å². The number of hydrogen-bond donors (Lipinski definition) is 2. The van der Waals surface area contributed by atoms with E-state index in [4.69, 9.17) is 14.9 Å². The average Bonchev–Trinajstić information content (AvgIpc) is 3.01. The molecule has 0 bridgehead atoms. The molecule has 4 unspecified atom stereocenters. The van der Waals surface area contributed by atoms with Crippen LogP contribution in [0.2, 0.25) is 0 Å². The van der Waals surface area contributed by atoms with Crippen molar-refractivity contribution < 1.29 is 24.5 Å². The summed E-state index contributed by atoms with van der Waals surface area (Å²) in [6, 6.07) is 0. The van der Waals surface area contributed by atoms with Gasteiger partial charge in [0.1, 0.15) is 0 Å². The second kappa shape index (κ2) is 4.41. The lowest BCUT2D eigenvalue weighted by molar-refractivity contribution is -0.151. The fourth-order valence-electron chi connectivity index (χ4n) is 2.62. The molecule has 5 nitrogen and oxygen atoms in total. The third-order valence-electron chi connectivity index (χ3n) is 3.62. The molecule has 0 aromatic heterocycles. The van der Waals surface area contributed by atoms with Crippen LogP contribution in [0.5, 0.6) is 0 Å². The van der Waals surface area contributed by atoms with Crippen LogP contribution in [0.4, 0.5) is 0 Å². The molecule has 0 amide bonds. The predicted octanol–water partition coefficient (Wildman–Crippen LogP) is 0.977. The minimum atomic E-state index is -0.800. The molecule has 16 heavy (non-hydrogen) atoms. The number of aliphatic carboxylic acids is 2. The standard InChI is InChI=1S/C11H16O5/c12-10(13)6-1-2-9(11(14)15)7(3-6)4-8-5-16-8/h6-9H,1-5H2,(H,12,13)(H,14,15). The number of ether oxygens (including phenoxy) is 1. The molecule has 5 heteroatoms. The van der Waals surface area contributed by atoms with Crippen LogP contribution in [0.3, 0.4) is 0 Å². The Bertz CT molecular complexity index is 297. The van der Waals surface area contributed by atoms with Gasteiger partial charge in [-0.15, -0.1) is 0 Å². The van der Waals surface area contributed by atoms with Crippen molar-refractivity contribution in [3.05, 3.63) is 0 Å². The molecule has 1 heterocycles. The Labute approximate surface area is 93.4 Å². The van der Waals surface area contributed by atoms with Crippen LogP contribution in [-0.4, -0.2) is 34.9 Å². The molecule has 1 aliphatic carbocycles. The van der Waals surface area contributed by atoms with Gasteiger partial charge < -0.3 is 14.9 Å². The highest BCUT2D eigenvalue weighted by Gasteiger charge is 2.40. The van der Waals surface area contributed by atoms with Crippen molar-refractivity contribution in [3.8, 4) is 0 Å². The predicted molar refractivity (Wildman–Crippen MR) is 53.9 cm³/mol. The topological polar surface area (TPSA) is 87.1 Å². The lowest BCUT2D eigenvalue weighted by Gasteiger charge is -2.31. The maximum atomic E-state index is 11.1. The molecular formula is C11H16O5. The van der Waals surface area contributed by atoms with Crippen LogP contribution in [0, 0.1) is 17.8 Å². The summed E-state index contributed by atoms with van der Waals surface area (Å²) in [5.74, 6) is -2.40. The van der Waals surface area contributed by atoms with Crippen molar-refractivity contribution in [2.75, 3.05) is 6.61 Å². The highest BCUT2D eigenvalue weighted by Crippen LogP contribution is 2.38. The second-order valence-electron chi connectivity index (χ2n) is 4.74. The minimum absolute atomic E-state index is 0.0418. The summed E-state index contributed by atoms with van der Waals surface area (Å²) < 4.78 is 5.09. The number of hydrogen-bond acceptors (Lipinski definition) is 3. The van der Waals surface area contributed by atoms with E-state index in [9.17, 15) is 9.59 Å². The van der Waals surface area contributed by atoms with Crippen LogP contribution in [0.1, 0.15) is 25.7 Å². The summed E-state index contributed by atoms with van der Waals surface area (Å²) >= 11 is 0. The van der Waals surface area contributed by atoms with Gasteiger partial charge in [0.05, 0.1) is 24.5 Å². The molecule has 1 saturated heterocycles. The van der Waals surface area contributed by atoms with E-state index in [1.807, 2.05) is 0 Å². The fraction of sp³-hybridized carbons (Fsp3) is 0.818. The molecule has 0 aromatic rings. The van der Waals surface area contributed by atoms with Gasteiger partial charge in [0.25, 0.3) is 0 Å². The van der Waals surface area contributed by atoms with E-state index in [0.717, 1.165) is 0 Å². The molecule has 0 aromatic carbocycles. The van der Waals surface area contributed by atoms with Gasteiger partial charge in [-0.25, -0.2) is 0 Å². The summed E-state index contributed by atoms with van der Waals surface area (Å²) in [4.78, 5) is 22.0. The summed E-state index contributed by atoms with van der Waals surface area (Å²) in [7, 11) is 0. The lowest BCUT2D eigenvalue weighted by atomic mass is 9.72. The summed E-state index contributed by atoms with van der Waals surface area (Å²) in [6.45, 7) is 0.695. The Kier molecular flexibility index (Phi) is 3.14. The number of carbonyl (C=O) groups is 2. The average molecular weight is 228 g/mol. The van der Waals surface area contributed by atoms with E-state index in [1.165, 1.54) is 0 Å². The molecule has 0 spiro atoms. The third kappa shape index (κ3) is 2.52. The molecule has 2 fully saturated rings. The van der Waals surface area contributed by atoms with E-state index >= 15 is 0 Å². The van der Waals surface area contributed by atoms with Crippen molar-refractivity contribution in [1.82, 2.24) is 0 Å². The minimum Gasteiger partial charge on any atom is -0.481 e. The lowest BCUT2D eigenvalue weighted by Crippen LogP contribution is -2.34. The van der Waals surface area contributed by atoms with E-state index in [-0.39, 0.29) is 23.9 Å². The quantitative estimate of drug-likeness (QED) is 0.700. The Morgan fingerprint density at radius 1 is 1.19 bits per heavy atom. The van der Waals surface area contributed by atoms with Crippen LogP contribution in [0.25, 0.3) is 0 Å². The number of epoxide rings is 1. The first-order chi connectivity index (χ1) is 7.58. The maximum Gasteiger partial charge on any atom is 0.306 e. The molecular weight excluding hydrogens is 212 g/mol. The first-order valence-electron chi connectivity index (χ1n) is 5.65. The SMILES string of the molecule is O=C(O)C1CCC(C(=O)O)C(CC2CO2)C1. The normalized spacial score (nSPS) is 38.0. The highest BCUT2D eigenvalue weighted by molar-refractivity contribution is 5.73. The van der Waals surface area contributed by atoms with Gasteiger partial charge in [-0.1, -0.05) is 0 Å². The van der Waals surface area contributed by atoms with Crippen molar-refractivity contribution >= 4 is 11.9 Å². The summed E-state index contributed by atoms with van der Waals surface area (Å²) in [6.07, 6.45) is 2.30. The summed E-state index contributed by atoms with van der Waals surface area (Å²) in [5.41, 5.74) is 0. The first-order valence-corrected chi connectivity index (χ1v) is 5.65. The molecule has 2 rings (SSSR count). The van der Waals surface area contributed by atoms with Gasteiger partial charge in [-0.2, -0.15) is 0 Å². The zero-order valence-corrected chi connectivity index (χ0v) is 8.96. The van der Waals surface area contributed by atoms with Crippen molar-refractivity contribution in [2.24, 2.45) is 17.8 Å². The fourth-order valence-corrected chi connectivity index (χ4v) is 2.62. The van der Waals surface area contributed by atoms with Gasteiger partial charge in [0, 0.05) is 0 Å². The molecule has 90 valence electrons. The molecule has 1 aliphatic heterocycles. The van der Waals surface area contributed by atoms with Crippen molar-refractivity contribution in [2.45, 2.75) is 31.8 Å². The van der Waals surface area contributed by atoms with Gasteiger partial charge in [-0.05, 0) is 31.6 Å². The van der Waals surface area contributed by atoms with E-state index in [2.05, 4.69) is 0 Å². The monoisotopic (exact) mass is 228 g/mol. The Balaban J connectivity index is 1.99. The zero-order chi connectivity index (χ0) is 11.7. The maximum absolute atomic E-state index is 11.1. The second-order valence-corrected chi connectivity index (χ2v) is 4.74. The smallest absolute Gasteiger partial charge is 0.306 e. The highest BCUT2D eigenvalue weighted by atomic mass is 16.6. The van der Waals surface area contributed by atoms with Crippen LogP contribution < -0.4 is 0 Å². The molecule has 1 saturated carbocycles. The van der Waals surface area contributed by atoms with Gasteiger partial charge in [0.2, 0.25) is 0 Å². The van der Waals surface area contributed by atoms with Crippen LogP contribution in [-0.2, 0) is 14.3 Å². The summed E-state index contributed by atoms with van der Waals surface area (Å²) in [5, 5.41) is 18.0. The van der Waals surface area contributed by atoms with E-state index < -0.39 is 11.9 Å². The molecule has 0 radical (unpaired) electrons. The Morgan fingerprint density at radius 3 is 2.38 bits per heavy atom. The van der Waals surface area contributed by atoms with Crippen molar-refractivity contribution in [3.63, 3.8) is 0 Å². The Morgan fingerprint density at radius 2 is 1.88 bits per heavy atom. The largest absolute Gasteiger partial charge is 0.481 e. The van der Waals surface area contributed by atoms with Crippen molar-refractivity contribution in [1.29, 1.82) is 0 Å². The first kappa shape index (κ1) is 11.4. The van der Waals surface area contributed by atoms with Gasteiger partial charge in [-0.3, -0.25) is 9.59 Å². The van der Waals surface area contributed by atoms with E-state index in [1.54, 1.807) is 0 Å².